The van der Waals surface area contributed by atoms with Crippen LogP contribution in [0.4, 0.5) is 4.39 Å². The van der Waals surface area contributed by atoms with Crippen molar-refractivity contribution < 1.29 is 9.13 Å². The van der Waals surface area contributed by atoms with Gasteiger partial charge in [-0.25, -0.2) is 4.39 Å². The van der Waals surface area contributed by atoms with E-state index in [2.05, 4.69) is 27.6 Å². The number of nitrogens with one attached hydrogen (secondary N) is 2. The van der Waals surface area contributed by atoms with Crippen LogP contribution in [0.3, 0.4) is 0 Å². The maximum atomic E-state index is 13.1. The van der Waals surface area contributed by atoms with Gasteiger partial charge in [-0.2, -0.15) is 0 Å². The first kappa shape index (κ1) is 21.1. The van der Waals surface area contributed by atoms with Crippen molar-refractivity contribution in [3.8, 4) is 0 Å². The molecule has 1 aliphatic heterocycles. The maximum absolute atomic E-state index is 13.1. The van der Waals surface area contributed by atoms with Crippen molar-refractivity contribution >= 4 is 29.9 Å². The Morgan fingerprint density at radius 1 is 1.42 bits per heavy atom. The van der Waals surface area contributed by atoms with Gasteiger partial charge >= 0.3 is 0 Å². The van der Waals surface area contributed by atoms with Crippen LogP contribution >= 0.6 is 24.0 Å². The lowest BCUT2D eigenvalue weighted by molar-refractivity contribution is -0.0161. The number of aryl methyl sites for hydroxylation is 1. The summed E-state index contributed by atoms with van der Waals surface area (Å²) in [7, 11) is 3.86. The molecule has 7 heteroatoms. The Bertz CT molecular complexity index is 541. The molecule has 0 spiro atoms. The van der Waals surface area contributed by atoms with Crippen molar-refractivity contribution in [3.63, 3.8) is 0 Å². The van der Waals surface area contributed by atoms with Crippen LogP contribution in [-0.4, -0.2) is 63.8 Å². The lowest BCUT2D eigenvalue weighted by Gasteiger charge is -2.30. The molecule has 0 radical (unpaired) electrons. The molecule has 0 bridgehead atoms. The minimum absolute atomic E-state index is 0. The Kier molecular flexibility index (Phi) is 9.53. The molecule has 24 heavy (non-hydrogen) atoms. The second kappa shape index (κ2) is 10.8. The predicted octanol–water partition coefficient (Wildman–Crippen LogP) is 1.79. The van der Waals surface area contributed by atoms with Gasteiger partial charge in [0.15, 0.2) is 5.96 Å². The molecule has 1 aliphatic rings. The molecule has 1 aromatic carbocycles. The second-order valence-electron chi connectivity index (χ2n) is 5.96. The van der Waals surface area contributed by atoms with E-state index >= 15 is 0 Å². The van der Waals surface area contributed by atoms with E-state index in [0.29, 0.717) is 0 Å². The first-order valence-electron chi connectivity index (χ1n) is 8.08. The lowest BCUT2D eigenvalue weighted by atomic mass is 10.1. The fourth-order valence-electron chi connectivity index (χ4n) is 2.68. The minimum Gasteiger partial charge on any atom is -0.374 e. The van der Waals surface area contributed by atoms with E-state index in [-0.39, 0.29) is 35.9 Å². The number of hydrogen-bond donors (Lipinski definition) is 2. The van der Waals surface area contributed by atoms with Crippen LogP contribution in [0, 0.1) is 12.7 Å². The van der Waals surface area contributed by atoms with E-state index in [9.17, 15) is 4.39 Å². The first-order chi connectivity index (χ1) is 11.1. The Hall–Kier alpha value is -0.930. The van der Waals surface area contributed by atoms with E-state index in [1.54, 1.807) is 13.1 Å². The molecule has 0 amide bonds. The van der Waals surface area contributed by atoms with Crippen LogP contribution in [0.15, 0.2) is 23.2 Å². The number of benzene rings is 1. The van der Waals surface area contributed by atoms with Gasteiger partial charge in [0.1, 0.15) is 5.82 Å². The quantitative estimate of drug-likeness (QED) is 0.408. The fourth-order valence-corrected chi connectivity index (χ4v) is 2.68. The molecule has 0 aliphatic carbocycles. The summed E-state index contributed by atoms with van der Waals surface area (Å²) in [4.78, 5) is 6.49. The normalized spacial score (nSPS) is 18.8. The van der Waals surface area contributed by atoms with E-state index in [1.807, 2.05) is 13.0 Å². The van der Waals surface area contributed by atoms with Crippen LogP contribution in [0.25, 0.3) is 0 Å². The topological polar surface area (TPSA) is 48.9 Å². The molecule has 1 heterocycles. The first-order valence-corrected chi connectivity index (χ1v) is 8.08. The molecule has 136 valence electrons. The van der Waals surface area contributed by atoms with E-state index in [0.717, 1.165) is 56.3 Å². The summed E-state index contributed by atoms with van der Waals surface area (Å²) in [6.07, 6.45) is 1.02. The molecular weight excluding hydrogens is 422 g/mol. The van der Waals surface area contributed by atoms with Crippen molar-refractivity contribution in [1.82, 2.24) is 15.5 Å². The number of aliphatic imine (C=N–C) groups is 1. The number of likely N-dealkylation sites (N-methyl/N-ethyl adjacent to an activating group) is 1. The monoisotopic (exact) mass is 450 g/mol. The SMILES string of the molecule is CN=C(NCCc1ccc(F)cc1C)NCC1CN(C)CCO1.I. The summed E-state index contributed by atoms with van der Waals surface area (Å²) in [6, 6.07) is 4.92. The van der Waals surface area contributed by atoms with Crippen LogP contribution in [0.2, 0.25) is 0 Å². The highest BCUT2D eigenvalue weighted by Crippen LogP contribution is 2.10. The molecule has 0 aromatic heterocycles. The number of rotatable bonds is 5. The van der Waals surface area contributed by atoms with E-state index < -0.39 is 0 Å². The third-order valence-electron chi connectivity index (χ3n) is 4.05. The molecule has 1 saturated heterocycles. The predicted molar refractivity (Wildman–Crippen MR) is 107 cm³/mol. The molecule has 1 unspecified atom stereocenters. The summed E-state index contributed by atoms with van der Waals surface area (Å²) in [6.45, 7) is 6.11. The van der Waals surface area contributed by atoms with Gasteiger partial charge in [-0.1, -0.05) is 6.07 Å². The molecule has 1 aromatic rings. The number of hydrogen-bond acceptors (Lipinski definition) is 3. The third-order valence-corrected chi connectivity index (χ3v) is 4.05. The average molecular weight is 450 g/mol. The number of ether oxygens (including phenoxy) is 1. The average Bonchev–Trinajstić information content (AvgIpc) is 2.52. The van der Waals surface area contributed by atoms with Gasteiger partial charge < -0.3 is 20.3 Å². The highest BCUT2D eigenvalue weighted by atomic mass is 127. The standard InChI is InChI=1S/C17H27FN4O.HI/c1-13-10-15(18)5-4-14(13)6-7-20-17(19-2)21-11-16-12-22(3)8-9-23-16;/h4-5,10,16H,6-9,11-12H2,1-3H3,(H2,19,20,21);1H. The van der Waals surface area contributed by atoms with Crippen LogP contribution in [0.5, 0.6) is 0 Å². The van der Waals surface area contributed by atoms with Gasteiger partial charge in [0.2, 0.25) is 0 Å². The smallest absolute Gasteiger partial charge is 0.191 e. The Morgan fingerprint density at radius 2 is 2.21 bits per heavy atom. The summed E-state index contributed by atoms with van der Waals surface area (Å²) < 4.78 is 18.8. The molecule has 2 rings (SSSR count). The van der Waals surface area contributed by atoms with Gasteiger partial charge in [-0.05, 0) is 43.7 Å². The third kappa shape index (κ3) is 6.90. The summed E-state index contributed by atoms with van der Waals surface area (Å²) >= 11 is 0. The van der Waals surface area contributed by atoms with Crippen LogP contribution in [-0.2, 0) is 11.2 Å². The largest absolute Gasteiger partial charge is 0.374 e. The Morgan fingerprint density at radius 3 is 2.88 bits per heavy atom. The van der Waals surface area contributed by atoms with Crippen LogP contribution < -0.4 is 10.6 Å². The zero-order valence-electron chi connectivity index (χ0n) is 14.6. The molecular formula is C17H28FIN4O. The Labute approximate surface area is 161 Å². The van der Waals surface area contributed by atoms with Gasteiger partial charge in [-0.15, -0.1) is 24.0 Å². The van der Waals surface area contributed by atoms with Gasteiger partial charge in [-0.3, -0.25) is 4.99 Å². The van der Waals surface area contributed by atoms with Gasteiger partial charge in [0.05, 0.1) is 12.7 Å². The number of morpholine rings is 1. The van der Waals surface area contributed by atoms with Crippen molar-refractivity contribution in [2.75, 3.05) is 46.9 Å². The molecule has 1 atom stereocenters. The van der Waals surface area contributed by atoms with Gasteiger partial charge in [0, 0.05) is 33.2 Å². The highest BCUT2D eigenvalue weighted by molar-refractivity contribution is 14.0. The molecule has 1 fully saturated rings. The van der Waals surface area contributed by atoms with Gasteiger partial charge in [0.25, 0.3) is 0 Å². The number of guanidine groups is 1. The van der Waals surface area contributed by atoms with Crippen LogP contribution in [0.1, 0.15) is 11.1 Å². The number of halogens is 2. The highest BCUT2D eigenvalue weighted by Gasteiger charge is 2.17. The second-order valence-corrected chi connectivity index (χ2v) is 5.96. The summed E-state index contributed by atoms with van der Waals surface area (Å²) in [5.41, 5.74) is 2.12. The van der Waals surface area contributed by atoms with Crippen molar-refractivity contribution in [2.45, 2.75) is 19.4 Å². The van der Waals surface area contributed by atoms with E-state index in [1.165, 1.54) is 6.07 Å². The minimum atomic E-state index is -0.186. The summed E-state index contributed by atoms with van der Waals surface area (Å²) in [5.74, 6) is 0.579. The maximum Gasteiger partial charge on any atom is 0.191 e. The lowest BCUT2D eigenvalue weighted by Crippen LogP contribution is -2.48. The number of nitrogens with zero attached hydrogens (tertiary/aromatic N) is 2. The molecule has 5 nitrogen and oxygen atoms in total. The molecule has 0 saturated carbocycles. The van der Waals surface area contributed by atoms with Crippen molar-refractivity contribution in [1.29, 1.82) is 0 Å². The zero-order valence-corrected chi connectivity index (χ0v) is 17.0. The fraction of sp³-hybridized carbons (Fsp3) is 0.588. The van der Waals surface area contributed by atoms with Crippen molar-refractivity contribution in [2.24, 2.45) is 4.99 Å². The summed E-state index contributed by atoms with van der Waals surface area (Å²) in [5, 5.41) is 6.58. The Balaban J connectivity index is 0.00000288. The van der Waals surface area contributed by atoms with E-state index in [4.69, 9.17) is 4.74 Å². The molecule has 2 N–H and O–H groups in total. The van der Waals surface area contributed by atoms with Crippen molar-refractivity contribution in [3.05, 3.63) is 35.1 Å². The zero-order chi connectivity index (χ0) is 16.7.